The molecule has 0 aliphatic heterocycles. The first kappa shape index (κ1) is 13.3. The molecule has 1 aromatic rings. The molecule has 0 unspecified atom stereocenters. The Kier molecular flexibility index (Phi) is 4.33. The van der Waals surface area contributed by atoms with Gasteiger partial charge in [0.15, 0.2) is 5.82 Å². The first-order valence-corrected chi connectivity index (χ1v) is 5.88. The van der Waals surface area contributed by atoms with Gasteiger partial charge in [0.25, 0.3) is 0 Å². The quantitative estimate of drug-likeness (QED) is 0.865. The molecule has 0 saturated carbocycles. The van der Waals surface area contributed by atoms with Crippen molar-refractivity contribution < 1.29 is 0 Å². The van der Waals surface area contributed by atoms with Crippen molar-refractivity contribution in [2.75, 3.05) is 17.2 Å². The fourth-order valence-electron chi connectivity index (χ4n) is 1.72. The van der Waals surface area contributed by atoms with Crippen LogP contribution in [-0.4, -0.2) is 17.6 Å². The van der Waals surface area contributed by atoms with Gasteiger partial charge in [-0.2, -0.15) is 5.26 Å². The number of hydrogen-bond donors (Lipinski definition) is 1. The predicted molar refractivity (Wildman–Crippen MR) is 70.7 cm³/mol. The van der Waals surface area contributed by atoms with Crippen molar-refractivity contribution in [3.63, 3.8) is 0 Å². The van der Waals surface area contributed by atoms with Gasteiger partial charge in [-0.05, 0) is 25.8 Å². The molecular weight excluding hydrogens is 212 g/mol. The van der Waals surface area contributed by atoms with Gasteiger partial charge in [-0.3, -0.25) is 0 Å². The molecule has 0 aromatic carbocycles. The van der Waals surface area contributed by atoms with Gasteiger partial charge in [-0.15, -0.1) is 0 Å². The van der Waals surface area contributed by atoms with Crippen molar-refractivity contribution in [1.29, 1.82) is 5.26 Å². The Bertz CT molecular complexity index is 418. The average Bonchev–Trinajstić information content (AvgIpc) is 2.26. The summed E-state index contributed by atoms with van der Waals surface area (Å²) in [5.74, 6) is 1.23. The first-order chi connectivity index (χ1) is 7.97. The Morgan fingerprint density at radius 2 is 2.06 bits per heavy atom. The summed E-state index contributed by atoms with van der Waals surface area (Å²) >= 11 is 0. The fraction of sp³-hybridized carbons (Fsp3) is 0.538. The third-order valence-electron chi connectivity index (χ3n) is 2.55. The molecule has 2 N–H and O–H groups in total. The van der Waals surface area contributed by atoms with Gasteiger partial charge < -0.3 is 10.6 Å². The molecule has 0 bridgehead atoms. The standard InChI is InChI=1S/C13H20N4/c1-9(2)8-17(10(3)4)13-12(15)11(7-14)5-6-16-13/h5-6,9-10H,8,15H2,1-4H3. The summed E-state index contributed by atoms with van der Waals surface area (Å²) in [5, 5.41) is 8.97. The van der Waals surface area contributed by atoms with Crippen LogP contribution in [0.5, 0.6) is 0 Å². The van der Waals surface area contributed by atoms with E-state index in [4.69, 9.17) is 11.0 Å². The minimum Gasteiger partial charge on any atom is -0.395 e. The zero-order chi connectivity index (χ0) is 13.0. The van der Waals surface area contributed by atoms with Crippen LogP contribution in [0.3, 0.4) is 0 Å². The van der Waals surface area contributed by atoms with E-state index in [2.05, 4.69) is 43.6 Å². The van der Waals surface area contributed by atoms with E-state index in [1.165, 1.54) is 0 Å². The largest absolute Gasteiger partial charge is 0.395 e. The Morgan fingerprint density at radius 3 is 2.53 bits per heavy atom. The minimum absolute atomic E-state index is 0.307. The summed E-state index contributed by atoms with van der Waals surface area (Å²) in [7, 11) is 0. The van der Waals surface area contributed by atoms with Crippen LogP contribution in [0.25, 0.3) is 0 Å². The van der Waals surface area contributed by atoms with E-state index in [0.717, 1.165) is 6.54 Å². The number of hydrogen-bond acceptors (Lipinski definition) is 4. The SMILES string of the molecule is CC(C)CN(c1nccc(C#N)c1N)C(C)C. The Morgan fingerprint density at radius 1 is 1.41 bits per heavy atom. The predicted octanol–water partition coefficient (Wildman–Crippen LogP) is 2.41. The normalized spacial score (nSPS) is 10.6. The molecule has 0 atom stereocenters. The van der Waals surface area contributed by atoms with Crippen LogP contribution in [0.15, 0.2) is 12.3 Å². The van der Waals surface area contributed by atoms with E-state index < -0.39 is 0 Å². The summed E-state index contributed by atoms with van der Waals surface area (Å²) in [6, 6.07) is 4.04. The molecule has 0 amide bonds. The van der Waals surface area contributed by atoms with Crippen LogP contribution in [0.2, 0.25) is 0 Å². The van der Waals surface area contributed by atoms with Gasteiger partial charge in [0.2, 0.25) is 0 Å². The molecule has 0 aliphatic rings. The molecule has 0 aliphatic carbocycles. The van der Waals surface area contributed by atoms with Gasteiger partial charge in [0, 0.05) is 18.8 Å². The third-order valence-corrected chi connectivity index (χ3v) is 2.55. The molecule has 0 spiro atoms. The number of nitriles is 1. The van der Waals surface area contributed by atoms with Crippen molar-refractivity contribution >= 4 is 11.5 Å². The van der Waals surface area contributed by atoms with Crippen LogP contribution in [0.4, 0.5) is 11.5 Å². The van der Waals surface area contributed by atoms with E-state index in [1.54, 1.807) is 12.3 Å². The van der Waals surface area contributed by atoms with E-state index in [-0.39, 0.29) is 0 Å². The Hall–Kier alpha value is -1.76. The highest BCUT2D eigenvalue weighted by atomic mass is 15.2. The van der Waals surface area contributed by atoms with Crippen molar-refractivity contribution in [3.05, 3.63) is 17.8 Å². The van der Waals surface area contributed by atoms with Gasteiger partial charge in [0.1, 0.15) is 6.07 Å². The zero-order valence-electron chi connectivity index (χ0n) is 10.9. The van der Waals surface area contributed by atoms with Crippen molar-refractivity contribution in [2.24, 2.45) is 5.92 Å². The topological polar surface area (TPSA) is 65.9 Å². The third kappa shape index (κ3) is 3.10. The first-order valence-electron chi connectivity index (χ1n) is 5.88. The summed E-state index contributed by atoms with van der Waals surface area (Å²) < 4.78 is 0. The maximum Gasteiger partial charge on any atom is 0.153 e. The number of anilines is 2. The van der Waals surface area contributed by atoms with Crippen molar-refractivity contribution in [3.8, 4) is 6.07 Å². The number of nitrogens with zero attached hydrogens (tertiary/aromatic N) is 3. The summed E-state index contributed by atoms with van der Waals surface area (Å²) in [4.78, 5) is 6.45. The van der Waals surface area contributed by atoms with E-state index >= 15 is 0 Å². The lowest BCUT2D eigenvalue weighted by Crippen LogP contribution is -2.35. The average molecular weight is 232 g/mol. The van der Waals surface area contributed by atoms with E-state index in [9.17, 15) is 0 Å². The molecule has 4 nitrogen and oxygen atoms in total. The van der Waals surface area contributed by atoms with Crippen LogP contribution >= 0.6 is 0 Å². The number of nitrogen functional groups attached to an aromatic ring is 1. The summed E-state index contributed by atoms with van der Waals surface area (Å²) in [6.07, 6.45) is 1.64. The number of pyridine rings is 1. The second-order valence-corrected chi connectivity index (χ2v) is 4.85. The lowest BCUT2D eigenvalue weighted by atomic mass is 10.1. The van der Waals surface area contributed by atoms with Crippen LogP contribution < -0.4 is 10.6 Å². The van der Waals surface area contributed by atoms with Gasteiger partial charge in [-0.25, -0.2) is 4.98 Å². The summed E-state index contributed by atoms with van der Waals surface area (Å²) in [6.45, 7) is 9.38. The Balaban J connectivity index is 3.15. The molecule has 1 aromatic heterocycles. The smallest absolute Gasteiger partial charge is 0.153 e. The molecule has 1 heterocycles. The monoisotopic (exact) mass is 232 g/mol. The lowest BCUT2D eigenvalue weighted by molar-refractivity contribution is 0.567. The Labute approximate surface area is 103 Å². The number of aromatic nitrogens is 1. The summed E-state index contributed by atoms with van der Waals surface area (Å²) in [5.41, 5.74) is 6.95. The van der Waals surface area contributed by atoms with Crippen LogP contribution in [0.1, 0.15) is 33.3 Å². The molecule has 0 saturated heterocycles. The maximum absolute atomic E-state index is 8.97. The highest BCUT2D eigenvalue weighted by Crippen LogP contribution is 2.25. The minimum atomic E-state index is 0.307. The zero-order valence-corrected chi connectivity index (χ0v) is 10.9. The van der Waals surface area contributed by atoms with Gasteiger partial charge >= 0.3 is 0 Å². The van der Waals surface area contributed by atoms with E-state index in [1.807, 2.05) is 0 Å². The number of nitrogens with two attached hydrogens (primary N) is 1. The fourth-order valence-corrected chi connectivity index (χ4v) is 1.72. The van der Waals surface area contributed by atoms with Crippen LogP contribution in [-0.2, 0) is 0 Å². The lowest BCUT2D eigenvalue weighted by Gasteiger charge is -2.30. The van der Waals surface area contributed by atoms with Gasteiger partial charge in [-0.1, -0.05) is 13.8 Å². The molecular formula is C13H20N4. The molecule has 0 fully saturated rings. The second-order valence-electron chi connectivity index (χ2n) is 4.85. The van der Waals surface area contributed by atoms with E-state index in [0.29, 0.717) is 29.0 Å². The highest BCUT2D eigenvalue weighted by Gasteiger charge is 2.17. The van der Waals surface area contributed by atoms with Crippen molar-refractivity contribution in [2.45, 2.75) is 33.7 Å². The molecule has 4 heteroatoms. The second kappa shape index (κ2) is 5.53. The molecule has 17 heavy (non-hydrogen) atoms. The number of rotatable bonds is 4. The molecule has 92 valence electrons. The highest BCUT2D eigenvalue weighted by molar-refractivity contribution is 5.70. The molecule has 1 rings (SSSR count). The maximum atomic E-state index is 8.97. The van der Waals surface area contributed by atoms with Gasteiger partial charge in [0.05, 0.1) is 11.3 Å². The van der Waals surface area contributed by atoms with Crippen LogP contribution in [0, 0.1) is 17.2 Å². The van der Waals surface area contributed by atoms with Crippen molar-refractivity contribution in [1.82, 2.24) is 4.98 Å². The molecule has 0 radical (unpaired) electrons.